The number of anilines is 1. The van der Waals surface area contributed by atoms with Crippen LogP contribution in [0, 0.1) is 0 Å². The fraction of sp³-hybridized carbons (Fsp3) is 0.316. The number of carbonyl (C=O) groups excluding carboxylic acids is 1. The molecule has 0 aliphatic carbocycles. The predicted octanol–water partition coefficient (Wildman–Crippen LogP) is 2.12. The second-order valence-electron chi connectivity index (χ2n) is 6.21. The number of amides is 1. The van der Waals surface area contributed by atoms with E-state index in [1.165, 1.54) is 21.9 Å². The first-order chi connectivity index (χ1) is 13.2. The van der Waals surface area contributed by atoms with E-state index in [0.29, 0.717) is 37.7 Å². The molecule has 0 radical (unpaired) electrons. The highest BCUT2D eigenvalue weighted by molar-refractivity contribution is 7.15. The fourth-order valence-electron chi connectivity index (χ4n) is 3.29. The number of hydrogen-bond acceptors (Lipinski definition) is 6. The first-order valence-corrected chi connectivity index (χ1v) is 9.78. The van der Waals surface area contributed by atoms with Gasteiger partial charge in [-0.15, -0.1) is 11.3 Å². The van der Waals surface area contributed by atoms with Crippen molar-refractivity contribution in [2.24, 2.45) is 0 Å². The molecule has 2 aromatic heterocycles. The maximum Gasteiger partial charge on any atom is 0.271 e. The minimum Gasteiger partial charge on any atom is -0.492 e. The molecule has 3 aromatic rings. The Morgan fingerprint density at radius 2 is 2.00 bits per heavy atom. The number of fused-ring (bicyclic) bond motifs is 1. The minimum absolute atomic E-state index is 0.120. The van der Waals surface area contributed by atoms with Gasteiger partial charge in [-0.05, 0) is 19.1 Å². The number of aromatic nitrogens is 2. The molecular formula is C19H20N4O3S. The summed E-state index contributed by atoms with van der Waals surface area (Å²) in [6, 6.07) is 7.93. The summed E-state index contributed by atoms with van der Waals surface area (Å²) in [6.45, 7) is 5.04. The number of rotatable bonds is 4. The van der Waals surface area contributed by atoms with Crippen molar-refractivity contribution < 1.29 is 9.53 Å². The lowest BCUT2D eigenvalue weighted by molar-refractivity contribution is 0.0744. The van der Waals surface area contributed by atoms with Gasteiger partial charge in [0.2, 0.25) is 0 Å². The molecule has 1 aromatic carbocycles. The summed E-state index contributed by atoms with van der Waals surface area (Å²) in [6.07, 6.45) is 3.04. The second kappa shape index (κ2) is 7.40. The maximum atomic E-state index is 12.8. The van der Waals surface area contributed by atoms with E-state index in [4.69, 9.17) is 4.74 Å². The van der Waals surface area contributed by atoms with E-state index in [9.17, 15) is 9.59 Å². The normalized spacial score (nSPS) is 14.6. The Bertz CT molecular complexity index is 1020. The Hall–Kier alpha value is -2.87. The number of hydrogen-bond donors (Lipinski definition) is 0. The molecule has 1 aliphatic rings. The van der Waals surface area contributed by atoms with Gasteiger partial charge in [-0.3, -0.25) is 14.0 Å². The number of ether oxygens (including phenoxy) is 1. The number of piperazine rings is 1. The van der Waals surface area contributed by atoms with Gasteiger partial charge in [-0.1, -0.05) is 12.1 Å². The SMILES string of the molecule is CCOc1ccccc1N1CCN(C(=O)c2cnc3sccn3c2=O)CC1. The van der Waals surface area contributed by atoms with Gasteiger partial charge in [0.1, 0.15) is 11.3 Å². The van der Waals surface area contributed by atoms with Crippen molar-refractivity contribution in [3.05, 3.63) is 58.0 Å². The number of thiazole rings is 1. The van der Waals surface area contributed by atoms with Crippen LogP contribution in [0.3, 0.4) is 0 Å². The first-order valence-electron chi connectivity index (χ1n) is 8.90. The summed E-state index contributed by atoms with van der Waals surface area (Å²) in [5.41, 5.74) is 0.845. The van der Waals surface area contributed by atoms with Crippen LogP contribution >= 0.6 is 11.3 Å². The molecule has 0 spiro atoms. The van der Waals surface area contributed by atoms with E-state index in [1.807, 2.05) is 31.2 Å². The van der Waals surface area contributed by atoms with E-state index in [1.54, 1.807) is 16.5 Å². The lowest BCUT2D eigenvalue weighted by Gasteiger charge is -2.36. The van der Waals surface area contributed by atoms with Gasteiger partial charge in [-0.25, -0.2) is 4.98 Å². The molecule has 3 heterocycles. The highest BCUT2D eigenvalue weighted by Crippen LogP contribution is 2.28. The highest BCUT2D eigenvalue weighted by Gasteiger charge is 2.26. The Morgan fingerprint density at radius 1 is 1.22 bits per heavy atom. The van der Waals surface area contributed by atoms with Crippen molar-refractivity contribution in [2.45, 2.75) is 6.92 Å². The molecular weight excluding hydrogens is 364 g/mol. The van der Waals surface area contributed by atoms with Crippen LogP contribution in [0.4, 0.5) is 5.69 Å². The third kappa shape index (κ3) is 3.28. The van der Waals surface area contributed by atoms with Crippen LogP contribution in [0.15, 0.2) is 46.8 Å². The van der Waals surface area contributed by atoms with Crippen molar-refractivity contribution in [2.75, 3.05) is 37.7 Å². The third-order valence-electron chi connectivity index (χ3n) is 4.65. The predicted molar refractivity (Wildman–Crippen MR) is 105 cm³/mol. The fourth-order valence-corrected chi connectivity index (χ4v) is 3.96. The highest BCUT2D eigenvalue weighted by atomic mass is 32.1. The first kappa shape index (κ1) is 17.5. The Kier molecular flexibility index (Phi) is 4.81. The average molecular weight is 384 g/mol. The molecule has 1 amide bonds. The van der Waals surface area contributed by atoms with Gasteiger partial charge >= 0.3 is 0 Å². The van der Waals surface area contributed by atoms with Crippen LogP contribution in [-0.4, -0.2) is 53.0 Å². The second-order valence-corrected chi connectivity index (χ2v) is 7.09. The number of benzene rings is 1. The zero-order valence-corrected chi connectivity index (χ0v) is 15.8. The minimum atomic E-state index is -0.310. The van der Waals surface area contributed by atoms with Gasteiger partial charge < -0.3 is 14.5 Å². The molecule has 0 atom stereocenters. The van der Waals surface area contributed by atoms with Gasteiger partial charge in [0.15, 0.2) is 4.96 Å². The van der Waals surface area contributed by atoms with Gasteiger partial charge in [0.05, 0.1) is 12.3 Å². The molecule has 7 nitrogen and oxygen atoms in total. The van der Waals surface area contributed by atoms with Crippen LogP contribution in [0.2, 0.25) is 0 Å². The summed E-state index contributed by atoms with van der Waals surface area (Å²) >= 11 is 1.37. The molecule has 0 N–H and O–H groups in total. The third-order valence-corrected chi connectivity index (χ3v) is 5.42. The van der Waals surface area contributed by atoms with Crippen molar-refractivity contribution in [3.63, 3.8) is 0 Å². The van der Waals surface area contributed by atoms with Crippen molar-refractivity contribution in [1.29, 1.82) is 0 Å². The quantitative estimate of drug-likeness (QED) is 0.689. The number of para-hydroxylation sites is 2. The van der Waals surface area contributed by atoms with Gasteiger partial charge in [0, 0.05) is 44.0 Å². The van der Waals surface area contributed by atoms with E-state index in [2.05, 4.69) is 9.88 Å². The molecule has 0 bridgehead atoms. The van der Waals surface area contributed by atoms with Crippen LogP contribution in [0.25, 0.3) is 4.96 Å². The molecule has 4 rings (SSSR count). The molecule has 27 heavy (non-hydrogen) atoms. The molecule has 0 unspecified atom stereocenters. The molecule has 0 saturated carbocycles. The van der Waals surface area contributed by atoms with Gasteiger partial charge in [-0.2, -0.15) is 0 Å². The Morgan fingerprint density at radius 3 is 2.78 bits per heavy atom. The van der Waals surface area contributed by atoms with Crippen LogP contribution < -0.4 is 15.2 Å². The molecule has 8 heteroatoms. The standard InChI is InChI=1S/C19H20N4O3S/c1-2-26-16-6-4-3-5-15(16)21-7-9-22(10-8-21)17(24)14-13-20-19-23(18(14)25)11-12-27-19/h3-6,11-13H,2,7-10H2,1H3. The molecule has 140 valence electrons. The number of carbonyl (C=O) groups is 1. The van der Waals surface area contributed by atoms with Crippen molar-refractivity contribution >= 4 is 27.9 Å². The van der Waals surface area contributed by atoms with Crippen molar-refractivity contribution in [1.82, 2.24) is 14.3 Å². The smallest absolute Gasteiger partial charge is 0.271 e. The van der Waals surface area contributed by atoms with Crippen molar-refractivity contribution in [3.8, 4) is 5.75 Å². The topological polar surface area (TPSA) is 67.2 Å². The molecule has 1 fully saturated rings. The summed E-state index contributed by atoms with van der Waals surface area (Å²) < 4.78 is 7.13. The average Bonchev–Trinajstić information content (AvgIpc) is 3.18. The molecule has 1 aliphatic heterocycles. The van der Waals surface area contributed by atoms with E-state index in [0.717, 1.165) is 11.4 Å². The van der Waals surface area contributed by atoms with Crippen LogP contribution in [0.1, 0.15) is 17.3 Å². The zero-order chi connectivity index (χ0) is 18.8. The monoisotopic (exact) mass is 384 g/mol. The summed E-state index contributed by atoms with van der Waals surface area (Å²) in [5.74, 6) is 0.593. The van der Waals surface area contributed by atoms with E-state index < -0.39 is 0 Å². The largest absolute Gasteiger partial charge is 0.492 e. The lowest BCUT2D eigenvalue weighted by atomic mass is 10.2. The van der Waals surface area contributed by atoms with Crippen LogP contribution in [0.5, 0.6) is 5.75 Å². The van der Waals surface area contributed by atoms with E-state index >= 15 is 0 Å². The Balaban J connectivity index is 1.50. The van der Waals surface area contributed by atoms with E-state index in [-0.39, 0.29) is 17.0 Å². The Labute approximate surface area is 160 Å². The summed E-state index contributed by atoms with van der Waals surface area (Å²) in [5, 5.41) is 1.78. The van der Waals surface area contributed by atoms with Gasteiger partial charge in [0.25, 0.3) is 11.5 Å². The summed E-state index contributed by atoms with van der Waals surface area (Å²) in [4.78, 5) is 34.1. The zero-order valence-electron chi connectivity index (χ0n) is 15.0. The maximum absolute atomic E-state index is 12.8. The molecule has 1 saturated heterocycles. The number of nitrogens with zero attached hydrogens (tertiary/aromatic N) is 4. The summed E-state index contributed by atoms with van der Waals surface area (Å²) in [7, 11) is 0. The lowest BCUT2D eigenvalue weighted by Crippen LogP contribution is -2.49. The van der Waals surface area contributed by atoms with Crippen LogP contribution in [-0.2, 0) is 0 Å².